The van der Waals surface area contributed by atoms with E-state index in [0.717, 1.165) is 12.8 Å². The molecule has 1 heteroatoms. The first kappa shape index (κ1) is 9.50. The lowest BCUT2D eigenvalue weighted by Crippen LogP contribution is -2.30. The predicted molar refractivity (Wildman–Crippen MR) is 50.9 cm³/mol. The molecule has 1 nitrogen and oxygen atoms in total. The standard InChI is InChI=1S/C11H18O/c1-4-9-10(8(2)3)6-5-7-11(9)12/h4,8-10H,1,5-7H2,2-3H3/t9-,10-/m0/s1. The van der Waals surface area contributed by atoms with Gasteiger partial charge in [0.25, 0.3) is 0 Å². The van der Waals surface area contributed by atoms with Crippen LogP contribution in [0.5, 0.6) is 0 Å². The van der Waals surface area contributed by atoms with Crippen molar-refractivity contribution >= 4 is 5.78 Å². The van der Waals surface area contributed by atoms with E-state index in [2.05, 4.69) is 20.4 Å². The summed E-state index contributed by atoms with van der Waals surface area (Å²) in [5.74, 6) is 1.69. The van der Waals surface area contributed by atoms with Gasteiger partial charge in [-0.25, -0.2) is 0 Å². The van der Waals surface area contributed by atoms with E-state index in [1.54, 1.807) is 0 Å². The molecule has 12 heavy (non-hydrogen) atoms. The molecule has 1 aliphatic carbocycles. The lowest BCUT2D eigenvalue weighted by Gasteiger charge is -2.31. The number of ketones is 1. The fourth-order valence-electron chi connectivity index (χ4n) is 2.15. The summed E-state index contributed by atoms with van der Waals surface area (Å²) in [6.45, 7) is 8.14. The molecule has 0 radical (unpaired) electrons. The van der Waals surface area contributed by atoms with E-state index >= 15 is 0 Å². The zero-order valence-corrected chi connectivity index (χ0v) is 8.05. The minimum absolute atomic E-state index is 0.138. The fraction of sp³-hybridized carbons (Fsp3) is 0.727. The van der Waals surface area contributed by atoms with Crippen molar-refractivity contribution in [3.05, 3.63) is 12.7 Å². The second-order valence-electron chi connectivity index (χ2n) is 4.03. The van der Waals surface area contributed by atoms with Crippen molar-refractivity contribution in [1.82, 2.24) is 0 Å². The summed E-state index contributed by atoms with van der Waals surface area (Å²) in [6.07, 6.45) is 4.87. The number of Topliss-reactive ketones (excluding diaryl/α,β-unsaturated/α-hetero) is 1. The molecule has 0 bridgehead atoms. The third-order valence-electron chi connectivity index (χ3n) is 2.90. The van der Waals surface area contributed by atoms with Crippen molar-refractivity contribution in [3.63, 3.8) is 0 Å². The van der Waals surface area contributed by atoms with Gasteiger partial charge in [-0.1, -0.05) is 19.9 Å². The van der Waals surface area contributed by atoms with Gasteiger partial charge in [0.2, 0.25) is 0 Å². The molecule has 68 valence electrons. The summed E-state index contributed by atoms with van der Waals surface area (Å²) in [5.41, 5.74) is 0. The van der Waals surface area contributed by atoms with Gasteiger partial charge >= 0.3 is 0 Å². The lowest BCUT2D eigenvalue weighted by molar-refractivity contribution is -0.125. The van der Waals surface area contributed by atoms with Crippen LogP contribution in [0.4, 0.5) is 0 Å². The van der Waals surface area contributed by atoms with Gasteiger partial charge in [-0.15, -0.1) is 6.58 Å². The molecule has 0 heterocycles. The highest BCUT2D eigenvalue weighted by Crippen LogP contribution is 2.33. The second kappa shape index (κ2) is 3.88. The molecular formula is C11H18O. The molecular weight excluding hydrogens is 148 g/mol. The van der Waals surface area contributed by atoms with Gasteiger partial charge in [0.05, 0.1) is 0 Å². The molecule has 0 amide bonds. The first-order valence-corrected chi connectivity index (χ1v) is 4.82. The Kier molecular flexibility index (Phi) is 3.07. The van der Waals surface area contributed by atoms with E-state index in [-0.39, 0.29) is 5.92 Å². The predicted octanol–water partition coefficient (Wildman–Crippen LogP) is 2.81. The van der Waals surface area contributed by atoms with Crippen LogP contribution in [0.25, 0.3) is 0 Å². The number of rotatable bonds is 2. The monoisotopic (exact) mass is 166 g/mol. The Morgan fingerprint density at radius 3 is 2.67 bits per heavy atom. The van der Waals surface area contributed by atoms with E-state index in [1.165, 1.54) is 6.42 Å². The SMILES string of the molecule is C=C[C@@H]1C(=O)CCC[C@H]1C(C)C. The van der Waals surface area contributed by atoms with Crippen LogP contribution >= 0.6 is 0 Å². The third-order valence-corrected chi connectivity index (χ3v) is 2.90. The molecule has 1 saturated carbocycles. The molecule has 0 N–H and O–H groups in total. The van der Waals surface area contributed by atoms with Crippen molar-refractivity contribution in [1.29, 1.82) is 0 Å². The van der Waals surface area contributed by atoms with Crippen molar-refractivity contribution in [2.45, 2.75) is 33.1 Å². The molecule has 0 aromatic heterocycles. The van der Waals surface area contributed by atoms with Crippen molar-refractivity contribution in [3.8, 4) is 0 Å². The zero-order chi connectivity index (χ0) is 9.14. The highest BCUT2D eigenvalue weighted by Gasteiger charge is 2.30. The molecule has 0 aliphatic heterocycles. The molecule has 2 atom stereocenters. The topological polar surface area (TPSA) is 17.1 Å². The van der Waals surface area contributed by atoms with E-state index in [9.17, 15) is 4.79 Å². The molecule has 0 spiro atoms. The van der Waals surface area contributed by atoms with E-state index in [4.69, 9.17) is 0 Å². The minimum atomic E-state index is 0.138. The quantitative estimate of drug-likeness (QED) is 0.576. The number of allylic oxidation sites excluding steroid dienone is 1. The molecule has 1 fully saturated rings. The molecule has 0 saturated heterocycles. The smallest absolute Gasteiger partial charge is 0.139 e. The Morgan fingerprint density at radius 1 is 1.58 bits per heavy atom. The summed E-state index contributed by atoms with van der Waals surface area (Å²) in [5, 5.41) is 0. The molecule has 0 unspecified atom stereocenters. The minimum Gasteiger partial charge on any atom is -0.299 e. The van der Waals surface area contributed by atoms with Crippen LogP contribution in [-0.4, -0.2) is 5.78 Å². The van der Waals surface area contributed by atoms with Gasteiger partial charge in [-0.2, -0.15) is 0 Å². The number of hydrogen-bond acceptors (Lipinski definition) is 1. The fourth-order valence-corrected chi connectivity index (χ4v) is 2.15. The summed E-state index contributed by atoms with van der Waals surface area (Å²) >= 11 is 0. The van der Waals surface area contributed by atoms with Crippen molar-refractivity contribution in [2.75, 3.05) is 0 Å². The average molecular weight is 166 g/mol. The molecule has 0 aromatic carbocycles. The summed E-state index contributed by atoms with van der Waals surface area (Å²) in [4.78, 5) is 11.5. The largest absolute Gasteiger partial charge is 0.299 e. The van der Waals surface area contributed by atoms with Crippen LogP contribution in [0.1, 0.15) is 33.1 Å². The maximum Gasteiger partial charge on any atom is 0.139 e. The molecule has 1 rings (SSSR count). The van der Waals surface area contributed by atoms with Gasteiger partial charge in [0.15, 0.2) is 0 Å². The highest BCUT2D eigenvalue weighted by atomic mass is 16.1. The van der Waals surface area contributed by atoms with Crippen LogP contribution in [0, 0.1) is 17.8 Å². The third kappa shape index (κ3) is 1.77. The normalized spacial score (nSPS) is 30.8. The second-order valence-corrected chi connectivity index (χ2v) is 4.03. The van der Waals surface area contributed by atoms with Crippen LogP contribution in [0.15, 0.2) is 12.7 Å². The Hall–Kier alpha value is -0.590. The van der Waals surface area contributed by atoms with Gasteiger partial charge in [0, 0.05) is 12.3 Å². The number of hydrogen-bond donors (Lipinski definition) is 0. The van der Waals surface area contributed by atoms with Crippen molar-refractivity contribution in [2.24, 2.45) is 17.8 Å². The van der Waals surface area contributed by atoms with E-state index in [1.807, 2.05) is 6.08 Å². The van der Waals surface area contributed by atoms with Crippen LogP contribution in [-0.2, 0) is 4.79 Å². The average Bonchev–Trinajstić information content (AvgIpc) is 2.03. The maximum absolute atomic E-state index is 11.5. The summed E-state index contributed by atoms with van der Waals surface area (Å²) in [7, 11) is 0. The summed E-state index contributed by atoms with van der Waals surface area (Å²) < 4.78 is 0. The van der Waals surface area contributed by atoms with E-state index < -0.39 is 0 Å². The molecule has 0 aromatic rings. The Morgan fingerprint density at radius 2 is 2.25 bits per heavy atom. The van der Waals surface area contributed by atoms with Gasteiger partial charge < -0.3 is 0 Å². The van der Waals surface area contributed by atoms with Crippen LogP contribution < -0.4 is 0 Å². The molecule has 1 aliphatic rings. The highest BCUT2D eigenvalue weighted by molar-refractivity contribution is 5.83. The van der Waals surface area contributed by atoms with Gasteiger partial charge in [-0.3, -0.25) is 4.79 Å². The summed E-state index contributed by atoms with van der Waals surface area (Å²) in [6, 6.07) is 0. The first-order valence-electron chi connectivity index (χ1n) is 4.82. The Bertz CT molecular complexity index is 181. The van der Waals surface area contributed by atoms with Crippen molar-refractivity contribution < 1.29 is 4.79 Å². The zero-order valence-electron chi connectivity index (χ0n) is 8.05. The number of carbonyl (C=O) groups excluding carboxylic acids is 1. The lowest BCUT2D eigenvalue weighted by atomic mass is 9.73. The van der Waals surface area contributed by atoms with Crippen LogP contribution in [0.2, 0.25) is 0 Å². The maximum atomic E-state index is 11.5. The number of carbonyl (C=O) groups is 1. The van der Waals surface area contributed by atoms with Gasteiger partial charge in [0.1, 0.15) is 5.78 Å². The van der Waals surface area contributed by atoms with Crippen LogP contribution in [0.3, 0.4) is 0 Å². The Labute approximate surface area is 74.9 Å². The first-order chi connectivity index (χ1) is 5.66. The van der Waals surface area contributed by atoms with E-state index in [0.29, 0.717) is 17.6 Å². The van der Waals surface area contributed by atoms with Gasteiger partial charge in [-0.05, 0) is 24.7 Å². The Balaban J connectivity index is 2.70.